The van der Waals surface area contributed by atoms with Gasteiger partial charge in [0.05, 0.1) is 24.8 Å². The lowest BCUT2D eigenvalue weighted by Gasteiger charge is -2.43. The number of nitrogens with two attached hydrogens (primary N) is 1. The zero-order chi connectivity index (χ0) is 12.2. The fraction of sp³-hybridized carbons (Fsp3) is 0.909. The van der Waals surface area contributed by atoms with Crippen LogP contribution in [0.2, 0.25) is 0 Å². The highest BCUT2D eigenvalue weighted by Gasteiger charge is 2.35. The van der Waals surface area contributed by atoms with Gasteiger partial charge in [-0.2, -0.15) is 0 Å². The average molecular weight is 230 g/mol. The second-order valence-electron chi connectivity index (χ2n) is 4.74. The maximum absolute atomic E-state index is 12.1. The molecule has 0 saturated carbocycles. The van der Waals surface area contributed by atoms with Gasteiger partial charge in [-0.3, -0.25) is 4.79 Å². The van der Waals surface area contributed by atoms with Crippen LogP contribution in [0.4, 0.5) is 0 Å². The van der Waals surface area contributed by atoms with Gasteiger partial charge in [0.25, 0.3) is 0 Å². The van der Waals surface area contributed by atoms with Crippen molar-refractivity contribution in [3.05, 3.63) is 0 Å². The van der Waals surface area contributed by atoms with Crippen LogP contribution < -0.4 is 5.73 Å². The lowest BCUT2D eigenvalue weighted by atomic mass is 10.0. The van der Waals surface area contributed by atoms with Crippen molar-refractivity contribution in [1.82, 2.24) is 4.90 Å². The molecule has 1 fully saturated rings. The summed E-state index contributed by atoms with van der Waals surface area (Å²) < 4.78 is 10.3. The van der Waals surface area contributed by atoms with E-state index in [1.807, 2.05) is 18.7 Å². The minimum atomic E-state index is -0.475. The number of ether oxygens (including phenoxy) is 2. The first kappa shape index (κ1) is 13.4. The quantitative estimate of drug-likeness (QED) is 0.737. The monoisotopic (exact) mass is 230 g/mol. The SMILES string of the molecule is COCCC(N)C(=O)N1CCOCC1(C)C. The van der Waals surface area contributed by atoms with E-state index in [0.717, 1.165) is 0 Å². The molecule has 0 aromatic heterocycles. The summed E-state index contributed by atoms with van der Waals surface area (Å²) in [7, 11) is 1.61. The molecule has 1 heterocycles. The first-order valence-electron chi connectivity index (χ1n) is 5.63. The number of methoxy groups -OCH3 is 1. The van der Waals surface area contributed by atoms with Gasteiger partial charge in [0.15, 0.2) is 0 Å². The van der Waals surface area contributed by atoms with Crippen LogP contribution >= 0.6 is 0 Å². The molecule has 94 valence electrons. The van der Waals surface area contributed by atoms with Crippen LogP contribution in [0.25, 0.3) is 0 Å². The van der Waals surface area contributed by atoms with Crippen molar-refractivity contribution < 1.29 is 14.3 Å². The summed E-state index contributed by atoms with van der Waals surface area (Å²) in [6, 6.07) is -0.475. The Hall–Kier alpha value is -0.650. The summed E-state index contributed by atoms with van der Waals surface area (Å²) in [5, 5.41) is 0. The van der Waals surface area contributed by atoms with Crippen LogP contribution in [0.15, 0.2) is 0 Å². The second kappa shape index (κ2) is 5.61. The molecule has 16 heavy (non-hydrogen) atoms. The summed E-state index contributed by atoms with van der Waals surface area (Å²) in [6.45, 7) is 6.27. The Morgan fingerprint density at radius 3 is 2.88 bits per heavy atom. The van der Waals surface area contributed by atoms with E-state index in [-0.39, 0.29) is 11.4 Å². The molecule has 1 aliphatic heterocycles. The number of hydrogen-bond donors (Lipinski definition) is 1. The van der Waals surface area contributed by atoms with Gasteiger partial charge in [-0.1, -0.05) is 0 Å². The normalized spacial score (nSPS) is 21.9. The fourth-order valence-corrected chi connectivity index (χ4v) is 1.84. The van der Waals surface area contributed by atoms with Gasteiger partial charge in [0, 0.05) is 20.3 Å². The molecular formula is C11H22N2O3. The molecular weight excluding hydrogens is 208 g/mol. The first-order chi connectivity index (χ1) is 7.49. The van der Waals surface area contributed by atoms with Crippen molar-refractivity contribution in [3.63, 3.8) is 0 Å². The zero-order valence-electron chi connectivity index (χ0n) is 10.4. The van der Waals surface area contributed by atoms with Crippen LogP contribution in [0.5, 0.6) is 0 Å². The number of carbonyl (C=O) groups excluding carboxylic acids is 1. The van der Waals surface area contributed by atoms with E-state index in [4.69, 9.17) is 15.2 Å². The van der Waals surface area contributed by atoms with Crippen LogP contribution in [-0.4, -0.2) is 55.9 Å². The molecule has 5 heteroatoms. The molecule has 1 unspecified atom stereocenters. The van der Waals surface area contributed by atoms with E-state index < -0.39 is 6.04 Å². The van der Waals surface area contributed by atoms with Crippen molar-refractivity contribution in [3.8, 4) is 0 Å². The third kappa shape index (κ3) is 3.17. The lowest BCUT2D eigenvalue weighted by Crippen LogP contribution is -2.59. The molecule has 0 bridgehead atoms. The smallest absolute Gasteiger partial charge is 0.240 e. The summed E-state index contributed by atoms with van der Waals surface area (Å²) in [4.78, 5) is 13.9. The van der Waals surface area contributed by atoms with E-state index in [1.165, 1.54) is 0 Å². The predicted molar refractivity (Wildman–Crippen MR) is 61.1 cm³/mol. The van der Waals surface area contributed by atoms with Gasteiger partial charge >= 0.3 is 0 Å². The highest BCUT2D eigenvalue weighted by atomic mass is 16.5. The van der Waals surface area contributed by atoms with Crippen LogP contribution in [0.3, 0.4) is 0 Å². The molecule has 1 aliphatic rings. The Balaban J connectivity index is 2.57. The number of amides is 1. The lowest BCUT2D eigenvalue weighted by molar-refractivity contribution is -0.148. The Labute approximate surface area is 96.9 Å². The number of hydrogen-bond acceptors (Lipinski definition) is 4. The summed E-state index contributed by atoms with van der Waals surface area (Å²) in [5.74, 6) is -0.00894. The third-order valence-corrected chi connectivity index (χ3v) is 2.86. The van der Waals surface area contributed by atoms with Gasteiger partial charge in [0.1, 0.15) is 0 Å². The van der Waals surface area contributed by atoms with E-state index in [1.54, 1.807) is 7.11 Å². The maximum atomic E-state index is 12.1. The highest BCUT2D eigenvalue weighted by Crippen LogP contribution is 2.20. The Kier molecular flexibility index (Phi) is 4.70. The van der Waals surface area contributed by atoms with Crippen molar-refractivity contribution in [1.29, 1.82) is 0 Å². The molecule has 0 aromatic rings. The fourth-order valence-electron chi connectivity index (χ4n) is 1.84. The molecule has 0 aliphatic carbocycles. The van der Waals surface area contributed by atoms with Crippen LogP contribution in [0, 0.1) is 0 Å². The molecule has 0 aromatic carbocycles. The number of carbonyl (C=O) groups is 1. The van der Waals surface area contributed by atoms with Crippen molar-refractivity contribution in [2.75, 3.05) is 33.5 Å². The molecule has 1 amide bonds. The van der Waals surface area contributed by atoms with Gasteiger partial charge in [-0.25, -0.2) is 0 Å². The number of rotatable bonds is 4. The Morgan fingerprint density at radius 2 is 2.31 bits per heavy atom. The Bertz CT molecular complexity index is 243. The topological polar surface area (TPSA) is 64.8 Å². The maximum Gasteiger partial charge on any atom is 0.240 e. The molecule has 1 atom stereocenters. The van der Waals surface area contributed by atoms with E-state index in [9.17, 15) is 4.79 Å². The minimum Gasteiger partial charge on any atom is -0.385 e. The second-order valence-corrected chi connectivity index (χ2v) is 4.74. The van der Waals surface area contributed by atoms with Gasteiger partial charge < -0.3 is 20.1 Å². The number of nitrogens with zero attached hydrogens (tertiary/aromatic N) is 1. The van der Waals surface area contributed by atoms with E-state index in [2.05, 4.69) is 0 Å². The molecule has 0 spiro atoms. The molecule has 1 saturated heterocycles. The molecule has 1 rings (SSSR count). The minimum absolute atomic E-state index is 0.00894. The summed E-state index contributed by atoms with van der Waals surface area (Å²) >= 11 is 0. The molecule has 2 N–H and O–H groups in total. The van der Waals surface area contributed by atoms with Crippen molar-refractivity contribution in [2.24, 2.45) is 5.73 Å². The first-order valence-corrected chi connectivity index (χ1v) is 5.63. The Morgan fingerprint density at radius 1 is 1.62 bits per heavy atom. The van der Waals surface area contributed by atoms with Crippen LogP contribution in [0.1, 0.15) is 20.3 Å². The number of morpholine rings is 1. The van der Waals surface area contributed by atoms with E-state index in [0.29, 0.717) is 32.8 Å². The average Bonchev–Trinajstić information content (AvgIpc) is 2.24. The predicted octanol–water partition coefficient (Wildman–Crippen LogP) is -0.0124. The van der Waals surface area contributed by atoms with Gasteiger partial charge in [-0.15, -0.1) is 0 Å². The molecule has 5 nitrogen and oxygen atoms in total. The third-order valence-electron chi connectivity index (χ3n) is 2.86. The van der Waals surface area contributed by atoms with Crippen molar-refractivity contribution in [2.45, 2.75) is 31.8 Å². The highest BCUT2D eigenvalue weighted by molar-refractivity contribution is 5.82. The zero-order valence-corrected chi connectivity index (χ0v) is 10.4. The summed E-state index contributed by atoms with van der Waals surface area (Å²) in [6.07, 6.45) is 0.558. The van der Waals surface area contributed by atoms with Crippen molar-refractivity contribution >= 4 is 5.91 Å². The summed E-state index contributed by atoms with van der Waals surface area (Å²) in [5.41, 5.74) is 5.58. The largest absolute Gasteiger partial charge is 0.385 e. The molecule has 0 radical (unpaired) electrons. The van der Waals surface area contributed by atoms with E-state index >= 15 is 0 Å². The van der Waals surface area contributed by atoms with Gasteiger partial charge in [-0.05, 0) is 20.3 Å². The van der Waals surface area contributed by atoms with Gasteiger partial charge in [0.2, 0.25) is 5.91 Å². The standard InChI is InChI=1S/C11H22N2O3/c1-11(2)8-16-7-5-13(11)10(14)9(12)4-6-15-3/h9H,4-8,12H2,1-3H3. The van der Waals surface area contributed by atoms with Crippen LogP contribution in [-0.2, 0) is 14.3 Å².